The number of nitrogens with one attached hydrogen (secondary N) is 3. The molecule has 0 bridgehead atoms. The first-order chi connectivity index (χ1) is 10.7. The number of hydrogen-bond acceptors (Lipinski definition) is 4. The third kappa shape index (κ3) is 5.52. The summed E-state index contributed by atoms with van der Waals surface area (Å²) in [5, 5.41) is 9.74. The molecule has 3 N–H and O–H groups in total. The minimum absolute atomic E-state index is 0. The Morgan fingerprint density at radius 2 is 1.71 bits per heavy atom. The van der Waals surface area contributed by atoms with Crippen LogP contribution in [0.2, 0.25) is 0 Å². The van der Waals surface area contributed by atoms with Crippen LogP contribution in [0.5, 0.6) is 0 Å². The van der Waals surface area contributed by atoms with E-state index in [-0.39, 0.29) is 36.6 Å². The maximum Gasteiger partial charge on any atom is 0.227 e. The Balaban J connectivity index is 0.00000144. The number of amides is 1. The summed E-state index contributed by atoms with van der Waals surface area (Å²) in [6, 6.07) is 8.47. The first-order valence-electron chi connectivity index (χ1n) is 8.18. The quantitative estimate of drug-likeness (QED) is 0.740. The molecule has 136 valence electrons. The van der Waals surface area contributed by atoms with Crippen molar-refractivity contribution in [1.82, 2.24) is 5.32 Å². The molecule has 3 rings (SSSR count). The minimum atomic E-state index is 0. The van der Waals surface area contributed by atoms with E-state index in [1.165, 1.54) is 0 Å². The smallest absolute Gasteiger partial charge is 0.227 e. The van der Waals surface area contributed by atoms with E-state index in [1.54, 1.807) is 0 Å². The molecule has 2 aliphatic rings. The minimum Gasteiger partial charge on any atom is -0.382 e. The zero-order chi connectivity index (χ0) is 15.4. The van der Waals surface area contributed by atoms with Crippen molar-refractivity contribution in [2.45, 2.75) is 25.8 Å². The monoisotopic (exact) mass is 375 g/mol. The molecule has 0 spiro atoms. The fraction of sp³-hybridized carbons (Fsp3) is 0.588. The molecule has 1 atom stereocenters. The molecule has 0 radical (unpaired) electrons. The van der Waals surface area contributed by atoms with Crippen molar-refractivity contribution in [3.63, 3.8) is 0 Å². The van der Waals surface area contributed by atoms with Crippen LogP contribution < -0.4 is 16.0 Å². The average Bonchev–Trinajstić information content (AvgIpc) is 2.48. The van der Waals surface area contributed by atoms with Crippen LogP contribution in [0.1, 0.15) is 19.8 Å². The number of ether oxygens (including phenoxy) is 1. The zero-order valence-corrected chi connectivity index (χ0v) is 15.6. The van der Waals surface area contributed by atoms with Gasteiger partial charge in [0.05, 0.1) is 0 Å². The first kappa shape index (κ1) is 21.0. The lowest BCUT2D eigenvalue weighted by Gasteiger charge is -2.31. The summed E-state index contributed by atoms with van der Waals surface area (Å²) >= 11 is 0. The normalized spacial score (nSPS) is 19.2. The largest absolute Gasteiger partial charge is 0.382 e. The molecule has 1 aromatic rings. The van der Waals surface area contributed by atoms with E-state index in [0.29, 0.717) is 12.0 Å². The van der Waals surface area contributed by atoms with Gasteiger partial charge in [0.2, 0.25) is 5.91 Å². The number of carbonyl (C=O) groups excluding carboxylic acids is 1. The molecule has 0 saturated carbocycles. The van der Waals surface area contributed by atoms with Crippen LogP contribution >= 0.6 is 24.8 Å². The number of benzene rings is 1. The van der Waals surface area contributed by atoms with Gasteiger partial charge >= 0.3 is 0 Å². The van der Waals surface area contributed by atoms with E-state index in [1.807, 2.05) is 31.2 Å². The van der Waals surface area contributed by atoms with E-state index in [2.05, 4.69) is 16.0 Å². The lowest BCUT2D eigenvalue weighted by molar-refractivity contribution is -0.121. The Kier molecular flexibility index (Phi) is 8.84. The average molecular weight is 376 g/mol. The van der Waals surface area contributed by atoms with E-state index in [0.717, 1.165) is 50.5 Å². The number of halogens is 2. The summed E-state index contributed by atoms with van der Waals surface area (Å²) in [7, 11) is 0. The predicted octanol–water partition coefficient (Wildman–Crippen LogP) is 2.92. The van der Waals surface area contributed by atoms with Gasteiger partial charge in [-0.3, -0.25) is 4.79 Å². The highest BCUT2D eigenvalue weighted by Crippen LogP contribution is 2.20. The van der Waals surface area contributed by atoms with Crippen molar-refractivity contribution < 1.29 is 9.53 Å². The van der Waals surface area contributed by atoms with Gasteiger partial charge in [-0.05, 0) is 56.1 Å². The van der Waals surface area contributed by atoms with Crippen LogP contribution in [0.4, 0.5) is 11.4 Å². The van der Waals surface area contributed by atoms with Crippen LogP contribution in [-0.2, 0) is 9.53 Å². The van der Waals surface area contributed by atoms with E-state index < -0.39 is 0 Å². The van der Waals surface area contributed by atoms with Crippen LogP contribution in [0.25, 0.3) is 0 Å². The van der Waals surface area contributed by atoms with Crippen LogP contribution in [0.3, 0.4) is 0 Å². The third-order valence-electron chi connectivity index (χ3n) is 4.68. The van der Waals surface area contributed by atoms with E-state index in [4.69, 9.17) is 4.74 Å². The van der Waals surface area contributed by atoms with Gasteiger partial charge in [-0.15, -0.1) is 24.8 Å². The lowest BCUT2D eigenvalue weighted by atomic mass is 9.88. The zero-order valence-electron chi connectivity index (χ0n) is 13.9. The second kappa shape index (κ2) is 10.1. The number of carbonyl (C=O) groups is 1. The maximum absolute atomic E-state index is 12.2. The Bertz CT molecular complexity index is 503. The van der Waals surface area contributed by atoms with Crippen LogP contribution in [0, 0.1) is 11.8 Å². The molecule has 1 unspecified atom stereocenters. The summed E-state index contributed by atoms with van der Waals surface area (Å²) < 4.78 is 5.36. The van der Waals surface area contributed by atoms with Gasteiger partial charge in [-0.25, -0.2) is 0 Å². The highest BCUT2D eigenvalue weighted by molar-refractivity contribution is 5.92. The molecular formula is C17H27Cl2N3O2. The summed E-state index contributed by atoms with van der Waals surface area (Å²) in [6.45, 7) is 5.56. The van der Waals surface area contributed by atoms with Crippen molar-refractivity contribution in [2.24, 2.45) is 11.8 Å². The molecule has 1 aromatic carbocycles. The van der Waals surface area contributed by atoms with E-state index >= 15 is 0 Å². The van der Waals surface area contributed by atoms with E-state index in [9.17, 15) is 4.79 Å². The predicted molar refractivity (Wildman–Crippen MR) is 103 cm³/mol. The second-order valence-corrected chi connectivity index (χ2v) is 6.30. The number of hydrogen-bond donors (Lipinski definition) is 3. The topological polar surface area (TPSA) is 62.4 Å². The molecule has 0 aliphatic carbocycles. The number of rotatable bonds is 5. The van der Waals surface area contributed by atoms with Gasteiger partial charge in [-0.2, -0.15) is 0 Å². The Labute approximate surface area is 156 Å². The van der Waals surface area contributed by atoms with Crippen molar-refractivity contribution in [3.8, 4) is 0 Å². The molecule has 2 saturated heterocycles. The molecule has 2 fully saturated rings. The molecule has 2 aliphatic heterocycles. The van der Waals surface area contributed by atoms with Gasteiger partial charge < -0.3 is 20.7 Å². The first-order valence-corrected chi connectivity index (χ1v) is 8.18. The standard InChI is InChI=1S/C17H25N3O2.2ClH/c1-12(13-10-18-11-13)17(21)20-15-4-2-14(3-5-15)19-16-6-8-22-9-7-16;;/h2-5,12-13,16,18-19H,6-11H2,1H3,(H,20,21);2*1H. The molecule has 1 amide bonds. The Hall–Kier alpha value is -1.01. The highest BCUT2D eigenvalue weighted by Gasteiger charge is 2.28. The van der Waals surface area contributed by atoms with Gasteiger partial charge in [0.1, 0.15) is 0 Å². The SMILES string of the molecule is CC(C(=O)Nc1ccc(NC2CCOCC2)cc1)C1CNC1.Cl.Cl. The van der Waals surface area contributed by atoms with Crippen LogP contribution in [-0.4, -0.2) is 38.3 Å². The van der Waals surface area contributed by atoms with Crippen molar-refractivity contribution in [2.75, 3.05) is 36.9 Å². The second-order valence-electron chi connectivity index (χ2n) is 6.30. The summed E-state index contributed by atoms with van der Waals surface area (Å²) in [4.78, 5) is 12.2. The molecule has 2 heterocycles. The fourth-order valence-electron chi connectivity index (χ4n) is 2.86. The van der Waals surface area contributed by atoms with Crippen LogP contribution in [0.15, 0.2) is 24.3 Å². The van der Waals surface area contributed by atoms with Crippen molar-refractivity contribution in [3.05, 3.63) is 24.3 Å². The van der Waals surface area contributed by atoms with Crippen molar-refractivity contribution in [1.29, 1.82) is 0 Å². The molecule has 24 heavy (non-hydrogen) atoms. The Morgan fingerprint density at radius 1 is 1.12 bits per heavy atom. The Morgan fingerprint density at radius 3 is 2.25 bits per heavy atom. The highest BCUT2D eigenvalue weighted by atomic mass is 35.5. The molecule has 5 nitrogen and oxygen atoms in total. The lowest BCUT2D eigenvalue weighted by Crippen LogP contribution is -2.48. The van der Waals surface area contributed by atoms with Crippen molar-refractivity contribution >= 4 is 42.1 Å². The fourth-order valence-corrected chi connectivity index (χ4v) is 2.86. The summed E-state index contributed by atoms with van der Waals surface area (Å²) in [5.41, 5.74) is 1.96. The van der Waals surface area contributed by atoms with Gasteiger partial charge in [0.25, 0.3) is 0 Å². The van der Waals surface area contributed by atoms with Gasteiger partial charge in [0, 0.05) is 36.5 Å². The molecule has 0 aromatic heterocycles. The molecular weight excluding hydrogens is 349 g/mol. The third-order valence-corrected chi connectivity index (χ3v) is 4.68. The summed E-state index contributed by atoms with van der Waals surface area (Å²) in [5.74, 6) is 0.632. The number of anilines is 2. The molecule has 7 heteroatoms. The maximum atomic E-state index is 12.2. The van der Waals surface area contributed by atoms with Gasteiger partial charge in [-0.1, -0.05) is 6.92 Å². The summed E-state index contributed by atoms with van der Waals surface area (Å²) in [6.07, 6.45) is 2.09. The van der Waals surface area contributed by atoms with Gasteiger partial charge in [0.15, 0.2) is 0 Å².